The molecule has 0 radical (unpaired) electrons. The SMILES string of the molecule is Cc1ccc2c(c1C)OC[C@@H]2NC(=O)NC[C@H]1CN(C)CCN1C. The van der Waals surface area contributed by atoms with Gasteiger partial charge in [0.05, 0.1) is 6.04 Å². The predicted molar refractivity (Wildman–Crippen MR) is 94.6 cm³/mol. The second kappa shape index (κ2) is 6.99. The van der Waals surface area contributed by atoms with Gasteiger partial charge in [-0.3, -0.25) is 4.90 Å². The summed E-state index contributed by atoms with van der Waals surface area (Å²) in [5, 5.41) is 6.05. The molecule has 2 amide bonds. The quantitative estimate of drug-likeness (QED) is 0.876. The molecule has 0 saturated carbocycles. The number of rotatable bonds is 3. The van der Waals surface area contributed by atoms with Crippen molar-refractivity contribution in [2.45, 2.75) is 25.9 Å². The lowest BCUT2D eigenvalue weighted by Gasteiger charge is -2.37. The van der Waals surface area contributed by atoms with Crippen LogP contribution in [0, 0.1) is 13.8 Å². The maximum atomic E-state index is 12.3. The minimum atomic E-state index is -0.128. The highest BCUT2D eigenvalue weighted by Crippen LogP contribution is 2.36. The molecule has 2 aliphatic rings. The van der Waals surface area contributed by atoms with Crippen molar-refractivity contribution in [3.63, 3.8) is 0 Å². The van der Waals surface area contributed by atoms with Gasteiger partial charge in [-0.05, 0) is 39.1 Å². The van der Waals surface area contributed by atoms with E-state index in [1.54, 1.807) is 0 Å². The van der Waals surface area contributed by atoms with Gasteiger partial charge in [-0.15, -0.1) is 0 Å². The summed E-state index contributed by atoms with van der Waals surface area (Å²) in [4.78, 5) is 16.9. The van der Waals surface area contributed by atoms with Gasteiger partial charge in [-0.2, -0.15) is 0 Å². The third-order valence-electron chi connectivity index (χ3n) is 5.26. The van der Waals surface area contributed by atoms with E-state index in [2.05, 4.69) is 60.5 Å². The summed E-state index contributed by atoms with van der Waals surface area (Å²) in [7, 11) is 4.24. The third-order valence-corrected chi connectivity index (χ3v) is 5.26. The fraction of sp³-hybridized carbons (Fsp3) is 0.611. The van der Waals surface area contributed by atoms with Crippen LogP contribution in [0.15, 0.2) is 12.1 Å². The smallest absolute Gasteiger partial charge is 0.315 e. The first-order valence-electron chi connectivity index (χ1n) is 8.61. The third kappa shape index (κ3) is 3.49. The Hall–Kier alpha value is -1.79. The topological polar surface area (TPSA) is 56.8 Å². The van der Waals surface area contributed by atoms with Crippen molar-refractivity contribution in [3.8, 4) is 5.75 Å². The summed E-state index contributed by atoms with van der Waals surface area (Å²) in [6.07, 6.45) is 0. The molecule has 6 nitrogen and oxygen atoms in total. The molecule has 132 valence electrons. The number of benzene rings is 1. The van der Waals surface area contributed by atoms with E-state index in [0.29, 0.717) is 19.2 Å². The summed E-state index contributed by atoms with van der Waals surface area (Å²) < 4.78 is 5.79. The fourth-order valence-electron chi connectivity index (χ4n) is 3.39. The van der Waals surface area contributed by atoms with Gasteiger partial charge in [-0.1, -0.05) is 12.1 Å². The van der Waals surface area contributed by atoms with Crippen LogP contribution in [0.25, 0.3) is 0 Å². The van der Waals surface area contributed by atoms with Crippen molar-refractivity contribution in [2.75, 3.05) is 46.9 Å². The van der Waals surface area contributed by atoms with Crippen LogP contribution in [0.4, 0.5) is 4.79 Å². The molecule has 0 aromatic heterocycles. The summed E-state index contributed by atoms with van der Waals surface area (Å²) >= 11 is 0. The molecule has 0 spiro atoms. The van der Waals surface area contributed by atoms with Crippen LogP contribution in [0.2, 0.25) is 0 Å². The van der Waals surface area contributed by atoms with E-state index >= 15 is 0 Å². The number of hydrogen-bond acceptors (Lipinski definition) is 4. The number of likely N-dealkylation sites (N-methyl/N-ethyl adjacent to an activating group) is 2. The van der Waals surface area contributed by atoms with Crippen molar-refractivity contribution in [1.29, 1.82) is 0 Å². The first kappa shape index (κ1) is 17.0. The van der Waals surface area contributed by atoms with Crippen molar-refractivity contribution >= 4 is 6.03 Å². The highest BCUT2D eigenvalue weighted by atomic mass is 16.5. The largest absolute Gasteiger partial charge is 0.490 e. The lowest BCUT2D eigenvalue weighted by atomic mass is 10.0. The molecular weight excluding hydrogens is 304 g/mol. The van der Waals surface area contributed by atoms with E-state index in [1.807, 2.05) is 0 Å². The normalized spacial score (nSPS) is 24.3. The molecule has 0 aliphatic carbocycles. The molecular formula is C18H28N4O2. The zero-order valence-corrected chi connectivity index (χ0v) is 15.1. The van der Waals surface area contributed by atoms with Gasteiger partial charge in [0.25, 0.3) is 0 Å². The van der Waals surface area contributed by atoms with Gasteiger partial charge >= 0.3 is 6.03 Å². The highest BCUT2D eigenvalue weighted by Gasteiger charge is 2.28. The number of urea groups is 1. The van der Waals surface area contributed by atoms with Crippen LogP contribution in [0.5, 0.6) is 5.75 Å². The fourth-order valence-corrected chi connectivity index (χ4v) is 3.39. The maximum absolute atomic E-state index is 12.3. The molecule has 1 aromatic carbocycles. The van der Waals surface area contributed by atoms with Crippen LogP contribution in [0.3, 0.4) is 0 Å². The number of hydrogen-bond donors (Lipinski definition) is 2. The molecule has 0 unspecified atom stereocenters. The number of ether oxygens (including phenoxy) is 1. The molecule has 2 atom stereocenters. The van der Waals surface area contributed by atoms with E-state index in [4.69, 9.17) is 4.74 Å². The van der Waals surface area contributed by atoms with Gasteiger partial charge < -0.3 is 20.3 Å². The van der Waals surface area contributed by atoms with Crippen LogP contribution >= 0.6 is 0 Å². The predicted octanol–water partition coefficient (Wildman–Crippen LogP) is 1.28. The molecule has 3 rings (SSSR count). The molecule has 1 aromatic rings. The minimum Gasteiger partial charge on any atom is -0.490 e. The van der Waals surface area contributed by atoms with Crippen LogP contribution in [-0.2, 0) is 0 Å². The van der Waals surface area contributed by atoms with Crippen molar-refractivity contribution in [1.82, 2.24) is 20.4 Å². The Morgan fingerprint density at radius 1 is 1.29 bits per heavy atom. The first-order chi connectivity index (χ1) is 11.5. The Morgan fingerprint density at radius 2 is 2.08 bits per heavy atom. The number of piperazine rings is 1. The Kier molecular flexibility index (Phi) is 4.96. The molecule has 24 heavy (non-hydrogen) atoms. The lowest BCUT2D eigenvalue weighted by Crippen LogP contribution is -2.55. The molecule has 2 aliphatic heterocycles. The molecule has 2 heterocycles. The average molecular weight is 332 g/mol. The lowest BCUT2D eigenvalue weighted by molar-refractivity contribution is 0.114. The van der Waals surface area contributed by atoms with E-state index in [0.717, 1.165) is 36.5 Å². The van der Waals surface area contributed by atoms with E-state index in [1.165, 1.54) is 5.56 Å². The van der Waals surface area contributed by atoms with Crippen LogP contribution < -0.4 is 15.4 Å². The van der Waals surface area contributed by atoms with Crippen molar-refractivity contribution < 1.29 is 9.53 Å². The number of nitrogens with one attached hydrogen (secondary N) is 2. The maximum Gasteiger partial charge on any atom is 0.315 e. The Morgan fingerprint density at radius 3 is 2.88 bits per heavy atom. The Balaban J connectivity index is 1.54. The summed E-state index contributed by atoms with van der Waals surface area (Å²) in [6, 6.07) is 4.29. The van der Waals surface area contributed by atoms with E-state index in [9.17, 15) is 4.79 Å². The second-order valence-electron chi connectivity index (χ2n) is 7.04. The Labute approximate surface area is 144 Å². The number of fused-ring (bicyclic) bond motifs is 1. The minimum absolute atomic E-state index is 0.0777. The van der Waals surface area contributed by atoms with Crippen LogP contribution in [0.1, 0.15) is 22.7 Å². The number of carbonyl (C=O) groups is 1. The Bertz CT molecular complexity index is 619. The number of amides is 2. The number of nitrogens with zero attached hydrogens (tertiary/aromatic N) is 2. The van der Waals surface area contributed by atoms with E-state index < -0.39 is 0 Å². The van der Waals surface area contributed by atoms with E-state index in [-0.39, 0.29) is 12.1 Å². The molecule has 2 N–H and O–H groups in total. The van der Waals surface area contributed by atoms with Crippen molar-refractivity contribution in [3.05, 3.63) is 28.8 Å². The zero-order valence-electron chi connectivity index (χ0n) is 15.1. The zero-order chi connectivity index (χ0) is 17.3. The molecule has 0 bridgehead atoms. The average Bonchev–Trinajstić information content (AvgIpc) is 2.95. The number of carbonyl (C=O) groups excluding carboxylic acids is 1. The first-order valence-corrected chi connectivity index (χ1v) is 8.61. The standard InChI is InChI=1S/C18H28N4O2/c1-12-5-6-15-16(11-24-17(15)13(12)2)20-18(23)19-9-14-10-21(3)7-8-22(14)4/h5-6,14,16H,7-11H2,1-4H3,(H2,19,20,23)/t14-,16-/m0/s1. The summed E-state index contributed by atoms with van der Waals surface area (Å²) in [5.41, 5.74) is 3.44. The van der Waals surface area contributed by atoms with Crippen molar-refractivity contribution in [2.24, 2.45) is 0 Å². The van der Waals surface area contributed by atoms with Gasteiger partial charge in [-0.25, -0.2) is 4.79 Å². The van der Waals surface area contributed by atoms with Gasteiger partial charge in [0, 0.05) is 37.8 Å². The van der Waals surface area contributed by atoms with Crippen LogP contribution in [-0.4, -0.2) is 68.8 Å². The van der Waals surface area contributed by atoms with Gasteiger partial charge in [0.15, 0.2) is 0 Å². The second-order valence-corrected chi connectivity index (χ2v) is 7.04. The van der Waals surface area contributed by atoms with Gasteiger partial charge in [0.2, 0.25) is 0 Å². The number of aryl methyl sites for hydroxylation is 1. The highest BCUT2D eigenvalue weighted by molar-refractivity contribution is 5.75. The molecule has 1 fully saturated rings. The summed E-state index contributed by atoms with van der Waals surface area (Å²) in [6.45, 7) is 8.38. The molecule has 1 saturated heterocycles. The summed E-state index contributed by atoms with van der Waals surface area (Å²) in [5.74, 6) is 0.925. The molecule has 6 heteroatoms. The monoisotopic (exact) mass is 332 g/mol. The van der Waals surface area contributed by atoms with Gasteiger partial charge in [0.1, 0.15) is 12.4 Å².